The maximum absolute atomic E-state index is 12.3. The molecule has 0 radical (unpaired) electrons. The summed E-state index contributed by atoms with van der Waals surface area (Å²) >= 11 is 0. The third-order valence-electron chi connectivity index (χ3n) is 4.56. The van der Waals surface area contributed by atoms with E-state index in [0.29, 0.717) is 43.8 Å². The normalized spacial score (nSPS) is 15.0. The van der Waals surface area contributed by atoms with Gasteiger partial charge in [-0.25, -0.2) is 0 Å². The van der Waals surface area contributed by atoms with Gasteiger partial charge in [0.2, 0.25) is 0 Å². The number of fused-ring (bicyclic) bond motifs is 1. The Hall–Kier alpha value is -1.56. The van der Waals surface area contributed by atoms with Gasteiger partial charge in [-0.2, -0.15) is 0 Å². The molecule has 0 spiro atoms. The van der Waals surface area contributed by atoms with Crippen LogP contribution in [0, 0.1) is 5.92 Å². The van der Waals surface area contributed by atoms with Gasteiger partial charge in [-0.1, -0.05) is 24.3 Å². The molecule has 0 aliphatic heterocycles. The van der Waals surface area contributed by atoms with Crippen LogP contribution >= 0.6 is 0 Å². The van der Waals surface area contributed by atoms with E-state index in [1.165, 1.54) is 0 Å². The number of unbranched alkanes of at least 4 members (excludes halogenated alkanes) is 1. The second-order valence-corrected chi connectivity index (χ2v) is 7.02. The number of Topliss-reactive ketones (excluding diaryl/α,β-unsaturated/α-hetero) is 2. The molecule has 5 heteroatoms. The minimum Gasteiger partial charge on any atom is -0.396 e. The predicted molar refractivity (Wildman–Crippen MR) is 95.0 cm³/mol. The highest BCUT2D eigenvalue weighted by Gasteiger charge is 2.37. The van der Waals surface area contributed by atoms with Crippen molar-refractivity contribution in [3.8, 4) is 0 Å². The summed E-state index contributed by atoms with van der Waals surface area (Å²) in [5, 5.41) is 8.93. The van der Waals surface area contributed by atoms with Gasteiger partial charge in [0.05, 0.1) is 24.7 Å². The molecular weight excluding hydrogens is 320 g/mol. The van der Waals surface area contributed by atoms with Crippen LogP contribution in [-0.2, 0) is 9.47 Å². The van der Waals surface area contributed by atoms with Gasteiger partial charge in [0.1, 0.15) is 0 Å². The average molecular weight is 348 g/mol. The van der Waals surface area contributed by atoms with E-state index in [1.54, 1.807) is 24.3 Å². The fraction of sp³-hybridized carbons (Fsp3) is 0.600. The lowest BCUT2D eigenvalue weighted by molar-refractivity contribution is -0.0568. The molecule has 0 saturated carbocycles. The van der Waals surface area contributed by atoms with Crippen molar-refractivity contribution in [3.05, 3.63) is 35.4 Å². The number of aliphatic hydroxyl groups is 1. The first kappa shape index (κ1) is 19.8. The molecule has 25 heavy (non-hydrogen) atoms. The number of hydrogen-bond acceptors (Lipinski definition) is 5. The van der Waals surface area contributed by atoms with Crippen molar-refractivity contribution < 1.29 is 24.2 Å². The number of carbonyl (C=O) groups is 2. The van der Waals surface area contributed by atoms with Gasteiger partial charge >= 0.3 is 0 Å². The summed E-state index contributed by atoms with van der Waals surface area (Å²) in [6, 6.07) is 7.06. The molecule has 138 valence electrons. The third-order valence-corrected chi connectivity index (χ3v) is 4.56. The highest BCUT2D eigenvalue weighted by molar-refractivity contribution is 6.26. The summed E-state index contributed by atoms with van der Waals surface area (Å²) in [4.78, 5) is 24.5. The molecule has 5 nitrogen and oxygen atoms in total. The Labute approximate surface area is 149 Å². The third kappa shape index (κ3) is 5.46. The number of carbonyl (C=O) groups excluding carboxylic acids is 2. The molecule has 1 aromatic carbocycles. The molecule has 2 rings (SSSR count). The number of hydrogen-bond donors (Lipinski definition) is 1. The Morgan fingerprint density at radius 3 is 2.24 bits per heavy atom. The molecule has 0 heterocycles. The van der Waals surface area contributed by atoms with Crippen LogP contribution in [0.4, 0.5) is 0 Å². The van der Waals surface area contributed by atoms with Crippen molar-refractivity contribution in [2.45, 2.75) is 45.1 Å². The van der Waals surface area contributed by atoms with Crippen molar-refractivity contribution in [2.75, 3.05) is 26.4 Å². The summed E-state index contributed by atoms with van der Waals surface area (Å²) in [5.74, 6) is -0.595. The van der Waals surface area contributed by atoms with Gasteiger partial charge in [0.25, 0.3) is 0 Å². The van der Waals surface area contributed by atoms with Crippen molar-refractivity contribution in [3.63, 3.8) is 0 Å². The number of benzene rings is 1. The van der Waals surface area contributed by atoms with E-state index in [9.17, 15) is 9.59 Å². The van der Waals surface area contributed by atoms with Gasteiger partial charge in [0, 0.05) is 24.3 Å². The molecule has 0 atom stereocenters. The van der Waals surface area contributed by atoms with E-state index in [0.717, 1.165) is 12.8 Å². The van der Waals surface area contributed by atoms with E-state index in [2.05, 4.69) is 0 Å². The Kier molecular flexibility index (Phi) is 7.29. The number of rotatable bonds is 11. The summed E-state index contributed by atoms with van der Waals surface area (Å²) < 4.78 is 11.2. The van der Waals surface area contributed by atoms with Gasteiger partial charge in [0.15, 0.2) is 11.6 Å². The first-order valence-corrected chi connectivity index (χ1v) is 8.96. The van der Waals surface area contributed by atoms with Gasteiger partial charge in [-0.3, -0.25) is 9.59 Å². The molecule has 1 aliphatic rings. The first-order valence-electron chi connectivity index (χ1n) is 8.96. The van der Waals surface area contributed by atoms with Crippen LogP contribution in [-0.4, -0.2) is 48.7 Å². The Morgan fingerprint density at radius 2 is 1.64 bits per heavy atom. The van der Waals surface area contributed by atoms with E-state index in [1.807, 2.05) is 13.8 Å². The zero-order chi connectivity index (χ0) is 18.3. The zero-order valence-corrected chi connectivity index (χ0v) is 15.1. The average Bonchev–Trinajstić information content (AvgIpc) is 2.82. The monoisotopic (exact) mass is 348 g/mol. The maximum atomic E-state index is 12.3. The fourth-order valence-corrected chi connectivity index (χ4v) is 3.04. The van der Waals surface area contributed by atoms with Gasteiger partial charge in [-0.15, -0.1) is 0 Å². The van der Waals surface area contributed by atoms with E-state index in [4.69, 9.17) is 14.6 Å². The second-order valence-electron chi connectivity index (χ2n) is 7.02. The molecule has 0 fully saturated rings. The van der Waals surface area contributed by atoms with Crippen molar-refractivity contribution in [1.29, 1.82) is 0 Å². The summed E-state index contributed by atoms with van der Waals surface area (Å²) in [6.45, 7) is 5.57. The molecule has 1 N–H and O–H groups in total. The number of aliphatic hydroxyl groups excluding tert-OH is 1. The quantitative estimate of drug-likeness (QED) is 0.491. The van der Waals surface area contributed by atoms with Crippen LogP contribution in [0.2, 0.25) is 0 Å². The lowest BCUT2D eigenvalue weighted by Crippen LogP contribution is -2.27. The van der Waals surface area contributed by atoms with Crippen LogP contribution in [0.5, 0.6) is 0 Å². The second kappa shape index (κ2) is 9.22. The molecule has 0 bridgehead atoms. The van der Waals surface area contributed by atoms with Crippen LogP contribution in [0.1, 0.15) is 60.2 Å². The Balaban J connectivity index is 1.59. The van der Waals surface area contributed by atoms with Gasteiger partial charge in [-0.05, 0) is 39.5 Å². The lowest BCUT2D eigenvalue weighted by Gasteiger charge is -2.24. The predicted octanol–water partition coefficient (Wildman–Crippen LogP) is 3.05. The van der Waals surface area contributed by atoms with Crippen LogP contribution < -0.4 is 0 Å². The minimum absolute atomic E-state index is 0.0407. The minimum atomic E-state index is -0.514. The van der Waals surface area contributed by atoms with Crippen LogP contribution in [0.25, 0.3) is 0 Å². The standard InChI is InChI=1S/C20H28O5/c1-20(2,10-11-21)25-14-13-24-12-6-5-9-17-18(22)15-7-3-4-8-16(15)19(17)23/h3-4,7-8,17,21H,5-6,9-14H2,1-2H3. The SMILES string of the molecule is CC(C)(CCO)OCCOCCCCC1C(=O)c2ccccc2C1=O. The van der Waals surface area contributed by atoms with Crippen LogP contribution in [0.15, 0.2) is 24.3 Å². The highest BCUT2D eigenvalue weighted by atomic mass is 16.5. The van der Waals surface area contributed by atoms with Crippen molar-refractivity contribution >= 4 is 11.6 Å². The number of ketones is 2. The molecule has 1 aliphatic carbocycles. The Morgan fingerprint density at radius 1 is 1.00 bits per heavy atom. The van der Waals surface area contributed by atoms with E-state index < -0.39 is 5.92 Å². The Bertz CT molecular complexity index is 559. The fourth-order valence-electron chi connectivity index (χ4n) is 3.04. The van der Waals surface area contributed by atoms with E-state index in [-0.39, 0.29) is 23.8 Å². The molecule has 1 aromatic rings. The van der Waals surface area contributed by atoms with Crippen LogP contribution in [0.3, 0.4) is 0 Å². The summed E-state index contributed by atoms with van der Waals surface area (Å²) in [7, 11) is 0. The summed E-state index contributed by atoms with van der Waals surface area (Å²) in [6.07, 6.45) is 2.77. The smallest absolute Gasteiger partial charge is 0.174 e. The molecule has 0 amide bonds. The largest absolute Gasteiger partial charge is 0.396 e. The van der Waals surface area contributed by atoms with Crippen molar-refractivity contribution in [1.82, 2.24) is 0 Å². The maximum Gasteiger partial charge on any atom is 0.174 e. The summed E-state index contributed by atoms with van der Waals surface area (Å²) in [5.41, 5.74) is 0.795. The first-order chi connectivity index (χ1) is 12.0. The number of ether oxygens (including phenoxy) is 2. The molecule has 0 saturated heterocycles. The topological polar surface area (TPSA) is 72.8 Å². The molecular formula is C20H28O5. The van der Waals surface area contributed by atoms with E-state index >= 15 is 0 Å². The molecule has 0 aromatic heterocycles. The lowest BCUT2D eigenvalue weighted by atomic mass is 9.97. The van der Waals surface area contributed by atoms with Gasteiger partial charge < -0.3 is 14.6 Å². The van der Waals surface area contributed by atoms with Crippen molar-refractivity contribution in [2.24, 2.45) is 5.92 Å². The zero-order valence-electron chi connectivity index (χ0n) is 15.1. The molecule has 0 unspecified atom stereocenters. The highest BCUT2D eigenvalue weighted by Crippen LogP contribution is 2.29.